The Balaban J connectivity index is 2.15. The molecule has 0 aromatic heterocycles. The van der Waals surface area contributed by atoms with Gasteiger partial charge in [0.05, 0.1) is 0 Å². The van der Waals surface area contributed by atoms with Gasteiger partial charge in [-0.15, -0.1) is 0 Å². The number of anilines is 1. The van der Waals surface area contributed by atoms with Crippen molar-refractivity contribution in [2.45, 2.75) is 39.2 Å². The van der Waals surface area contributed by atoms with E-state index in [-0.39, 0.29) is 0 Å². The number of nitrogens with zero attached hydrogens (tertiary/aromatic N) is 1. The quantitative estimate of drug-likeness (QED) is 0.891. The van der Waals surface area contributed by atoms with Crippen LogP contribution in [-0.2, 0) is 0 Å². The molecule has 1 heterocycles. The molecule has 0 spiro atoms. The number of benzene rings is 1. The summed E-state index contributed by atoms with van der Waals surface area (Å²) in [6.07, 6.45) is 3.92. The largest absolute Gasteiger partial charge is 0.371 e. The first-order valence-corrected chi connectivity index (χ1v) is 7.71. The molecule has 0 aliphatic carbocycles. The summed E-state index contributed by atoms with van der Waals surface area (Å²) in [5.41, 5.74) is 2.45. The average Bonchev–Trinajstić information content (AvgIpc) is 2.62. The topological polar surface area (TPSA) is 15.3 Å². The lowest BCUT2D eigenvalue weighted by Crippen LogP contribution is -2.24. The lowest BCUT2D eigenvalue weighted by molar-refractivity contribution is 0.521. The Morgan fingerprint density at radius 1 is 1.32 bits per heavy atom. The van der Waals surface area contributed by atoms with Crippen LogP contribution in [0.25, 0.3) is 0 Å². The number of halogens is 1. The Morgan fingerprint density at radius 2 is 2.11 bits per heavy atom. The molecule has 2 unspecified atom stereocenters. The molecule has 1 aromatic rings. The van der Waals surface area contributed by atoms with E-state index >= 15 is 0 Å². The van der Waals surface area contributed by atoms with Gasteiger partial charge >= 0.3 is 0 Å². The standard InChI is InChI=1S/C16H25ClN2/c1-12-5-4-9-19(10-8-12)14-6-7-15(13(2)18-3)16(17)11-14/h6-7,11-13,18H,4-5,8-10H2,1-3H3. The van der Waals surface area contributed by atoms with Gasteiger partial charge in [0.25, 0.3) is 0 Å². The molecular weight excluding hydrogens is 256 g/mol. The van der Waals surface area contributed by atoms with Crippen LogP contribution in [0.3, 0.4) is 0 Å². The number of hydrogen-bond acceptors (Lipinski definition) is 2. The van der Waals surface area contributed by atoms with Crippen LogP contribution in [-0.4, -0.2) is 20.1 Å². The summed E-state index contributed by atoms with van der Waals surface area (Å²) >= 11 is 6.43. The summed E-state index contributed by atoms with van der Waals surface area (Å²) in [6, 6.07) is 6.80. The van der Waals surface area contributed by atoms with Crippen molar-refractivity contribution >= 4 is 17.3 Å². The highest BCUT2D eigenvalue weighted by Gasteiger charge is 2.16. The maximum Gasteiger partial charge on any atom is 0.0474 e. The highest BCUT2D eigenvalue weighted by atomic mass is 35.5. The van der Waals surface area contributed by atoms with Gasteiger partial charge < -0.3 is 10.2 Å². The third-order valence-electron chi connectivity index (χ3n) is 4.27. The van der Waals surface area contributed by atoms with Gasteiger partial charge in [-0.1, -0.05) is 24.6 Å². The van der Waals surface area contributed by atoms with Gasteiger partial charge in [-0.05, 0) is 56.8 Å². The maximum atomic E-state index is 6.43. The van der Waals surface area contributed by atoms with Crippen molar-refractivity contribution in [1.82, 2.24) is 5.32 Å². The lowest BCUT2D eigenvalue weighted by Gasteiger charge is -2.24. The lowest BCUT2D eigenvalue weighted by atomic mass is 10.0. The van der Waals surface area contributed by atoms with Gasteiger partial charge in [0, 0.05) is 29.8 Å². The van der Waals surface area contributed by atoms with Crippen LogP contribution < -0.4 is 10.2 Å². The minimum absolute atomic E-state index is 0.297. The van der Waals surface area contributed by atoms with Crippen LogP contribution in [0.2, 0.25) is 5.02 Å². The normalized spacial score (nSPS) is 22.1. The molecule has 2 rings (SSSR count). The zero-order chi connectivity index (χ0) is 13.8. The van der Waals surface area contributed by atoms with Crippen molar-refractivity contribution in [3.05, 3.63) is 28.8 Å². The predicted octanol–water partition coefficient (Wildman–Crippen LogP) is 4.25. The molecule has 1 aromatic carbocycles. The van der Waals surface area contributed by atoms with E-state index < -0.39 is 0 Å². The fraction of sp³-hybridized carbons (Fsp3) is 0.625. The fourth-order valence-corrected chi connectivity index (χ4v) is 3.08. The molecule has 1 aliphatic heterocycles. The van der Waals surface area contributed by atoms with E-state index in [0.717, 1.165) is 24.0 Å². The molecule has 0 radical (unpaired) electrons. The van der Waals surface area contributed by atoms with Gasteiger partial charge in [-0.3, -0.25) is 0 Å². The van der Waals surface area contributed by atoms with Crippen molar-refractivity contribution in [3.63, 3.8) is 0 Å². The van der Waals surface area contributed by atoms with Gasteiger partial charge in [-0.2, -0.15) is 0 Å². The number of rotatable bonds is 3. The monoisotopic (exact) mass is 280 g/mol. The van der Waals surface area contributed by atoms with E-state index in [1.54, 1.807) is 0 Å². The Morgan fingerprint density at radius 3 is 2.79 bits per heavy atom. The SMILES string of the molecule is CNC(C)c1ccc(N2CCCC(C)CC2)cc1Cl. The second-order valence-electron chi connectivity index (χ2n) is 5.74. The second-order valence-corrected chi connectivity index (χ2v) is 6.15. The van der Waals surface area contributed by atoms with Crippen molar-refractivity contribution in [1.29, 1.82) is 0 Å². The fourth-order valence-electron chi connectivity index (χ4n) is 2.74. The summed E-state index contributed by atoms with van der Waals surface area (Å²) in [5, 5.41) is 4.11. The zero-order valence-corrected chi connectivity index (χ0v) is 13.0. The highest BCUT2D eigenvalue weighted by molar-refractivity contribution is 6.31. The molecule has 1 N–H and O–H groups in total. The zero-order valence-electron chi connectivity index (χ0n) is 12.2. The van der Waals surface area contributed by atoms with Gasteiger partial charge in [0.15, 0.2) is 0 Å². The van der Waals surface area contributed by atoms with E-state index in [1.807, 2.05) is 7.05 Å². The van der Waals surface area contributed by atoms with Crippen molar-refractivity contribution in [2.24, 2.45) is 5.92 Å². The maximum absolute atomic E-state index is 6.43. The summed E-state index contributed by atoms with van der Waals surface area (Å²) in [4.78, 5) is 2.48. The molecular formula is C16H25ClN2. The predicted molar refractivity (Wildman–Crippen MR) is 84.2 cm³/mol. The minimum atomic E-state index is 0.297. The molecule has 1 fully saturated rings. The van der Waals surface area contributed by atoms with Crippen LogP contribution in [0.15, 0.2) is 18.2 Å². The Labute approximate surface area is 122 Å². The Kier molecular flexibility index (Phi) is 5.12. The molecule has 0 bridgehead atoms. The van der Waals surface area contributed by atoms with Crippen molar-refractivity contribution in [3.8, 4) is 0 Å². The molecule has 106 valence electrons. The van der Waals surface area contributed by atoms with Crippen molar-refractivity contribution < 1.29 is 0 Å². The first-order chi connectivity index (χ1) is 9.11. The van der Waals surface area contributed by atoms with Gasteiger partial charge in [0.2, 0.25) is 0 Å². The average molecular weight is 281 g/mol. The first-order valence-electron chi connectivity index (χ1n) is 7.33. The Hall–Kier alpha value is -0.730. The molecule has 3 heteroatoms. The molecule has 0 saturated carbocycles. The summed E-state index contributed by atoms with van der Waals surface area (Å²) < 4.78 is 0. The van der Waals surface area contributed by atoms with Crippen LogP contribution in [0.1, 0.15) is 44.7 Å². The van der Waals surface area contributed by atoms with Crippen molar-refractivity contribution in [2.75, 3.05) is 25.0 Å². The third kappa shape index (κ3) is 3.64. The third-order valence-corrected chi connectivity index (χ3v) is 4.59. The molecule has 2 atom stereocenters. The van der Waals surface area contributed by atoms with Crippen LogP contribution in [0, 0.1) is 5.92 Å². The molecule has 0 amide bonds. The number of nitrogens with one attached hydrogen (secondary N) is 1. The minimum Gasteiger partial charge on any atom is -0.371 e. The highest BCUT2D eigenvalue weighted by Crippen LogP contribution is 2.29. The van der Waals surface area contributed by atoms with E-state index in [9.17, 15) is 0 Å². The molecule has 1 saturated heterocycles. The first kappa shape index (κ1) is 14.7. The van der Waals surface area contributed by atoms with E-state index in [2.05, 4.69) is 42.3 Å². The summed E-state index contributed by atoms with van der Waals surface area (Å²) in [5.74, 6) is 0.851. The summed E-state index contributed by atoms with van der Waals surface area (Å²) in [6.45, 7) is 6.79. The van der Waals surface area contributed by atoms with Crippen LogP contribution >= 0.6 is 11.6 Å². The van der Waals surface area contributed by atoms with Crippen LogP contribution in [0.4, 0.5) is 5.69 Å². The Bertz CT molecular complexity index is 419. The van der Waals surface area contributed by atoms with E-state index in [4.69, 9.17) is 11.6 Å². The van der Waals surface area contributed by atoms with Crippen LogP contribution in [0.5, 0.6) is 0 Å². The second kappa shape index (κ2) is 6.62. The van der Waals surface area contributed by atoms with Gasteiger partial charge in [-0.25, -0.2) is 0 Å². The summed E-state index contributed by atoms with van der Waals surface area (Å²) in [7, 11) is 1.96. The molecule has 2 nitrogen and oxygen atoms in total. The van der Waals surface area contributed by atoms with E-state index in [1.165, 1.54) is 30.5 Å². The molecule has 1 aliphatic rings. The molecule has 19 heavy (non-hydrogen) atoms. The number of hydrogen-bond donors (Lipinski definition) is 1. The van der Waals surface area contributed by atoms with E-state index in [0.29, 0.717) is 6.04 Å². The smallest absolute Gasteiger partial charge is 0.0474 e. The van der Waals surface area contributed by atoms with Gasteiger partial charge in [0.1, 0.15) is 0 Å².